The first kappa shape index (κ1) is 59.6. The molecule has 0 N–H and O–H groups in total. The standard InChI is InChI=1S/C96H56N10O2/c1-5-23-57(24-6-1)91-97-92(58-25-7-2-8-26-58)99-95(98-91)62-31-21-32-63(51-62)104-78-40-19-15-36-71(78)89-81(104)49-50-85-90(89)72-47-45-65(54-86(72)108-85)103-76-38-17-13-33-67(76)73-52-61(43-48-79(73)103)66-37-22-41-80-88(66)70-35-14-18-39-77(70)105(80)64-44-46-68-74-55-75-69-34-16-20-42-84(69)107-87(75)56-83(74)106(82(68)53-64)96-101-93(59-27-9-3-10-28-59)100-94(102-96)60-29-11-4-12-30-60/h1-56H. The number of nitrogens with zero attached hydrogens (tertiary/aromatic N) is 10. The molecule has 12 nitrogen and oxygen atoms in total. The van der Waals surface area contributed by atoms with Gasteiger partial charge in [-0.2, -0.15) is 9.97 Å². The average Bonchev–Trinajstić information content (AvgIpc) is 1.56. The minimum absolute atomic E-state index is 0.503. The summed E-state index contributed by atoms with van der Waals surface area (Å²) in [7, 11) is 0. The van der Waals surface area contributed by atoms with Gasteiger partial charge in [-0.05, 0) is 108 Å². The van der Waals surface area contributed by atoms with Gasteiger partial charge in [0.25, 0.3) is 0 Å². The van der Waals surface area contributed by atoms with Crippen molar-refractivity contribution in [3.63, 3.8) is 0 Å². The third kappa shape index (κ3) is 9.10. The van der Waals surface area contributed by atoms with Crippen LogP contribution < -0.4 is 0 Å². The fourth-order valence-electron chi connectivity index (χ4n) is 16.9. The molecule has 0 unspecified atom stereocenters. The number of furan rings is 2. The molecule has 0 aliphatic carbocycles. The Hall–Kier alpha value is -14.9. The van der Waals surface area contributed by atoms with Gasteiger partial charge >= 0.3 is 0 Å². The molecule has 12 heteroatoms. The number of fused-ring (bicyclic) bond motifs is 19. The van der Waals surface area contributed by atoms with Crippen molar-refractivity contribution >= 4 is 131 Å². The van der Waals surface area contributed by atoms with Crippen LogP contribution in [-0.2, 0) is 0 Å². The van der Waals surface area contributed by atoms with E-state index in [1.807, 2.05) is 109 Å². The molecule has 108 heavy (non-hydrogen) atoms. The van der Waals surface area contributed by atoms with E-state index in [1.165, 1.54) is 0 Å². The number of hydrogen-bond donors (Lipinski definition) is 0. The summed E-state index contributed by atoms with van der Waals surface area (Å²) in [5.74, 6) is 3.50. The van der Waals surface area contributed by atoms with Gasteiger partial charge in [0.05, 0.1) is 44.1 Å². The molecular weight excluding hydrogens is 1330 g/mol. The van der Waals surface area contributed by atoms with E-state index in [4.69, 9.17) is 38.7 Å². The lowest BCUT2D eigenvalue weighted by molar-refractivity contribution is 0.668. The molecule has 23 rings (SSSR count). The van der Waals surface area contributed by atoms with Crippen molar-refractivity contribution in [3.8, 4) is 91.1 Å². The topological polar surface area (TPSA) is 123 Å². The number of rotatable bonds is 10. The first-order valence-electron chi connectivity index (χ1n) is 36.2. The Balaban J connectivity index is 0.651. The molecule has 15 aromatic carbocycles. The highest BCUT2D eigenvalue weighted by molar-refractivity contribution is 6.28. The maximum atomic E-state index is 7.01. The summed E-state index contributed by atoms with van der Waals surface area (Å²) in [5.41, 5.74) is 21.4. The number of para-hydroxylation sites is 4. The van der Waals surface area contributed by atoms with Gasteiger partial charge in [0, 0.05) is 122 Å². The molecule has 0 saturated carbocycles. The van der Waals surface area contributed by atoms with E-state index in [2.05, 4.69) is 249 Å². The molecule has 0 saturated heterocycles. The van der Waals surface area contributed by atoms with Gasteiger partial charge in [-0.3, -0.25) is 4.57 Å². The molecule has 0 bridgehead atoms. The number of hydrogen-bond acceptors (Lipinski definition) is 8. The maximum Gasteiger partial charge on any atom is 0.238 e. The maximum absolute atomic E-state index is 7.01. The van der Waals surface area contributed by atoms with E-state index < -0.39 is 0 Å². The van der Waals surface area contributed by atoms with Crippen molar-refractivity contribution in [3.05, 3.63) is 340 Å². The summed E-state index contributed by atoms with van der Waals surface area (Å²) in [5, 5.41) is 13.2. The smallest absolute Gasteiger partial charge is 0.238 e. The van der Waals surface area contributed by atoms with Crippen LogP contribution in [0.3, 0.4) is 0 Å². The predicted molar refractivity (Wildman–Crippen MR) is 438 cm³/mol. The Bertz CT molecular complexity index is 7560. The monoisotopic (exact) mass is 1380 g/mol. The summed E-state index contributed by atoms with van der Waals surface area (Å²) in [6.07, 6.45) is 0. The van der Waals surface area contributed by atoms with Crippen LogP contribution in [0.25, 0.3) is 222 Å². The van der Waals surface area contributed by atoms with E-state index in [0.717, 1.165) is 187 Å². The van der Waals surface area contributed by atoms with E-state index in [-0.39, 0.29) is 0 Å². The second-order valence-corrected chi connectivity index (χ2v) is 27.7. The van der Waals surface area contributed by atoms with Crippen LogP contribution in [0.2, 0.25) is 0 Å². The lowest BCUT2D eigenvalue weighted by Gasteiger charge is -2.12. The molecule has 0 spiro atoms. The van der Waals surface area contributed by atoms with Crippen LogP contribution in [0.5, 0.6) is 0 Å². The third-order valence-electron chi connectivity index (χ3n) is 21.7. The van der Waals surface area contributed by atoms with E-state index in [1.54, 1.807) is 0 Å². The van der Waals surface area contributed by atoms with Crippen LogP contribution >= 0.6 is 0 Å². The van der Waals surface area contributed by atoms with E-state index >= 15 is 0 Å². The molecule has 502 valence electrons. The predicted octanol–water partition coefficient (Wildman–Crippen LogP) is 24.2. The molecule has 0 atom stereocenters. The second-order valence-electron chi connectivity index (χ2n) is 27.7. The number of aromatic nitrogens is 10. The molecule has 8 aromatic heterocycles. The van der Waals surface area contributed by atoms with Gasteiger partial charge in [0.15, 0.2) is 29.1 Å². The Labute approximate surface area is 615 Å². The van der Waals surface area contributed by atoms with Crippen molar-refractivity contribution in [1.82, 2.24) is 48.2 Å². The molecule has 0 amide bonds. The van der Waals surface area contributed by atoms with Gasteiger partial charge in [-0.25, -0.2) is 19.9 Å². The highest BCUT2D eigenvalue weighted by Crippen LogP contribution is 2.47. The zero-order valence-corrected chi connectivity index (χ0v) is 57.6. The zero-order chi connectivity index (χ0) is 70.7. The minimum atomic E-state index is 0.503. The van der Waals surface area contributed by atoms with Gasteiger partial charge in [0.2, 0.25) is 5.95 Å². The lowest BCUT2D eigenvalue weighted by Crippen LogP contribution is -2.06. The summed E-state index contributed by atoms with van der Waals surface area (Å²) < 4.78 is 23.0. The normalized spacial score (nSPS) is 12.1. The average molecular weight is 1380 g/mol. The Morgan fingerprint density at radius 3 is 1.28 bits per heavy atom. The molecule has 23 aromatic rings. The van der Waals surface area contributed by atoms with E-state index in [9.17, 15) is 0 Å². The third-order valence-corrected chi connectivity index (χ3v) is 21.7. The molecule has 0 aliphatic rings. The van der Waals surface area contributed by atoms with Gasteiger partial charge in [-0.15, -0.1) is 0 Å². The van der Waals surface area contributed by atoms with Crippen molar-refractivity contribution in [1.29, 1.82) is 0 Å². The van der Waals surface area contributed by atoms with Crippen LogP contribution in [-0.4, -0.2) is 48.2 Å². The van der Waals surface area contributed by atoms with Crippen LogP contribution in [0.15, 0.2) is 349 Å². The first-order chi connectivity index (χ1) is 53.5. The Morgan fingerprint density at radius 1 is 0.185 bits per heavy atom. The summed E-state index contributed by atoms with van der Waals surface area (Å²) in [6, 6.07) is 120. The molecule has 0 aliphatic heterocycles. The van der Waals surface area contributed by atoms with Crippen LogP contribution in [0.4, 0.5) is 0 Å². The quantitative estimate of drug-likeness (QED) is 0.133. The highest BCUT2D eigenvalue weighted by Gasteiger charge is 2.26. The fourth-order valence-corrected chi connectivity index (χ4v) is 16.9. The SMILES string of the molecule is c1ccc(-c2nc(-c3ccccc3)nc(-c3cccc(-n4c5ccccc5c5c6c(ccc54)oc4cc(-n5c7ccccc7c7cc(-c8cccc9c8c8ccccc8n9-c8ccc9c%10cc%11c(cc%10n(-c%10nc(-c%12ccccc%12)nc(-c%12ccccc%12)n%10)c9c8)oc8ccccc8%11)ccc75)ccc46)c3)n2)cc1. The van der Waals surface area contributed by atoms with Gasteiger partial charge in [0.1, 0.15) is 22.3 Å². The molecule has 0 radical (unpaired) electrons. The summed E-state index contributed by atoms with van der Waals surface area (Å²) in [6.45, 7) is 0. The summed E-state index contributed by atoms with van der Waals surface area (Å²) in [4.78, 5) is 31.0. The van der Waals surface area contributed by atoms with Gasteiger partial charge in [-0.1, -0.05) is 231 Å². The van der Waals surface area contributed by atoms with Crippen molar-refractivity contribution < 1.29 is 8.83 Å². The van der Waals surface area contributed by atoms with E-state index in [0.29, 0.717) is 35.1 Å². The van der Waals surface area contributed by atoms with Crippen LogP contribution in [0, 0.1) is 0 Å². The fraction of sp³-hybridized carbons (Fsp3) is 0. The summed E-state index contributed by atoms with van der Waals surface area (Å²) >= 11 is 0. The highest BCUT2D eigenvalue weighted by atomic mass is 16.3. The molecule has 0 fully saturated rings. The van der Waals surface area contributed by atoms with Crippen molar-refractivity contribution in [2.24, 2.45) is 0 Å². The molecule has 8 heterocycles. The molecular formula is C96H56N10O2. The van der Waals surface area contributed by atoms with Crippen molar-refractivity contribution in [2.45, 2.75) is 0 Å². The van der Waals surface area contributed by atoms with Crippen LogP contribution in [0.1, 0.15) is 0 Å². The number of benzene rings is 15. The van der Waals surface area contributed by atoms with Crippen molar-refractivity contribution in [2.75, 3.05) is 0 Å². The lowest BCUT2D eigenvalue weighted by atomic mass is 9.98. The Morgan fingerprint density at radius 2 is 0.620 bits per heavy atom. The minimum Gasteiger partial charge on any atom is -0.456 e. The second kappa shape index (κ2) is 23.3. The largest absolute Gasteiger partial charge is 0.456 e. The first-order valence-corrected chi connectivity index (χ1v) is 36.2. The Kier molecular flexibility index (Phi) is 12.9. The van der Waals surface area contributed by atoms with Gasteiger partial charge < -0.3 is 22.5 Å². The zero-order valence-electron chi connectivity index (χ0n) is 57.6.